The van der Waals surface area contributed by atoms with Gasteiger partial charge in [-0.15, -0.1) is 0 Å². The second-order valence-electron chi connectivity index (χ2n) is 5.93. The Balaban J connectivity index is 2.61. The molecule has 2 N–H and O–H groups in total. The standard InChI is InChI=1S/C14H18O8/c1-21-11(19)13-3-5-14(6-4-13,12(20)22-2)8(10(17)18)7(13)9(15)16/h7-8H,3-6H2,1-2H3,(H,15,16)(H,17,18). The van der Waals surface area contributed by atoms with Crippen LogP contribution in [0.5, 0.6) is 0 Å². The van der Waals surface area contributed by atoms with E-state index < -0.39 is 46.5 Å². The summed E-state index contributed by atoms with van der Waals surface area (Å²) in [7, 11) is 2.28. The molecule has 0 saturated heterocycles. The molecule has 0 heterocycles. The summed E-state index contributed by atoms with van der Waals surface area (Å²) >= 11 is 0. The largest absolute Gasteiger partial charge is 0.481 e. The van der Waals surface area contributed by atoms with Crippen molar-refractivity contribution < 1.29 is 38.9 Å². The molecule has 0 amide bonds. The van der Waals surface area contributed by atoms with Gasteiger partial charge in [0.15, 0.2) is 0 Å². The van der Waals surface area contributed by atoms with Crippen molar-refractivity contribution in [3.63, 3.8) is 0 Å². The number of carboxylic acids is 2. The van der Waals surface area contributed by atoms with Crippen molar-refractivity contribution in [2.75, 3.05) is 14.2 Å². The third-order valence-corrected chi connectivity index (χ3v) is 5.27. The summed E-state index contributed by atoms with van der Waals surface area (Å²) in [6, 6.07) is 0. The monoisotopic (exact) mass is 314 g/mol. The first-order chi connectivity index (χ1) is 10.3. The van der Waals surface area contributed by atoms with Crippen LogP contribution in [0.4, 0.5) is 0 Å². The van der Waals surface area contributed by atoms with Gasteiger partial charge in [0.25, 0.3) is 0 Å². The minimum Gasteiger partial charge on any atom is -0.481 e. The smallest absolute Gasteiger partial charge is 0.312 e. The normalized spacial score (nSPS) is 36.5. The predicted molar refractivity (Wildman–Crippen MR) is 69.6 cm³/mol. The minimum absolute atomic E-state index is 0.0928. The van der Waals surface area contributed by atoms with Crippen molar-refractivity contribution in [2.24, 2.45) is 22.7 Å². The topological polar surface area (TPSA) is 127 Å². The van der Waals surface area contributed by atoms with Gasteiger partial charge in [-0.05, 0) is 25.7 Å². The quantitative estimate of drug-likeness (QED) is 0.709. The van der Waals surface area contributed by atoms with Crippen LogP contribution >= 0.6 is 0 Å². The van der Waals surface area contributed by atoms with Crippen LogP contribution in [0, 0.1) is 22.7 Å². The van der Waals surface area contributed by atoms with Gasteiger partial charge in [0, 0.05) is 0 Å². The van der Waals surface area contributed by atoms with Crippen LogP contribution in [0.1, 0.15) is 25.7 Å². The molecule has 3 fully saturated rings. The molecule has 8 heteroatoms. The SMILES string of the molecule is COC(=O)C12CCC(C(=O)OC)(CC1)C(C(=O)O)C2C(=O)O. The van der Waals surface area contributed by atoms with Crippen LogP contribution in [0.3, 0.4) is 0 Å². The van der Waals surface area contributed by atoms with Gasteiger partial charge < -0.3 is 19.7 Å². The molecule has 8 nitrogen and oxygen atoms in total. The van der Waals surface area contributed by atoms with E-state index >= 15 is 0 Å². The zero-order valence-corrected chi connectivity index (χ0v) is 12.3. The molecular formula is C14H18O8. The maximum atomic E-state index is 12.2. The Morgan fingerprint density at radius 2 is 1.05 bits per heavy atom. The number of carbonyl (C=O) groups excluding carboxylic acids is 2. The molecular weight excluding hydrogens is 296 g/mol. The van der Waals surface area contributed by atoms with Gasteiger partial charge in [-0.25, -0.2) is 0 Å². The van der Waals surface area contributed by atoms with Gasteiger partial charge in [0.2, 0.25) is 0 Å². The number of carbonyl (C=O) groups is 4. The summed E-state index contributed by atoms with van der Waals surface area (Å²) in [5, 5.41) is 19.1. The Morgan fingerprint density at radius 1 is 0.773 bits per heavy atom. The molecule has 22 heavy (non-hydrogen) atoms. The molecule has 0 aromatic heterocycles. The highest BCUT2D eigenvalue weighted by molar-refractivity contribution is 5.94. The molecule has 0 radical (unpaired) electrons. The lowest BCUT2D eigenvalue weighted by molar-refractivity contribution is -0.208. The molecule has 2 unspecified atom stereocenters. The fraction of sp³-hybridized carbons (Fsp3) is 0.714. The molecule has 2 bridgehead atoms. The predicted octanol–water partition coefficient (Wildman–Crippen LogP) is 0.294. The van der Waals surface area contributed by atoms with E-state index in [1.54, 1.807) is 0 Å². The van der Waals surface area contributed by atoms with E-state index in [1.165, 1.54) is 0 Å². The van der Waals surface area contributed by atoms with E-state index in [0.29, 0.717) is 0 Å². The summed E-state index contributed by atoms with van der Waals surface area (Å²) in [5.41, 5.74) is -2.81. The summed E-state index contributed by atoms with van der Waals surface area (Å²) in [5.74, 6) is -7.32. The van der Waals surface area contributed by atoms with E-state index in [1.807, 2.05) is 0 Å². The average Bonchev–Trinajstić information content (AvgIpc) is 2.52. The van der Waals surface area contributed by atoms with Crippen molar-refractivity contribution in [3.8, 4) is 0 Å². The molecule has 0 aromatic rings. The molecule has 3 aliphatic rings. The Bertz CT molecular complexity index is 481. The third kappa shape index (κ3) is 1.89. The zero-order valence-electron chi connectivity index (χ0n) is 12.3. The highest BCUT2D eigenvalue weighted by Crippen LogP contribution is 2.63. The Morgan fingerprint density at radius 3 is 1.23 bits per heavy atom. The molecule has 3 saturated carbocycles. The van der Waals surface area contributed by atoms with Gasteiger partial charge in [0.1, 0.15) is 0 Å². The second-order valence-corrected chi connectivity index (χ2v) is 5.93. The summed E-state index contributed by atoms with van der Waals surface area (Å²) in [6.07, 6.45) is 0.371. The number of methoxy groups -OCH3 is 2. The lowest BCUT2D eigenvalue weighted by atomic mass is 9.44. The number of esters is 2. The number of carboxylic acid groups (broad SMARTS) is 2. The Hall–Kier alpha value is -2.12. The Labute approximate surface area is 126 Å². The number of hydrogen-bond acceptors (Lipinski definition) is 6. The third-order valence-electron chi connectivity index (χ3n) is 5.27. The Kier molecular flexibility index (Phi) is 3.88. The second kappa shape index (κ2) is 5.26. The summed E-state index contributed by atoms with van der Waals surface area (Å²) < 4.78 is 9.45. The van der Waals surface area contributed by atoms with Crippen molar-refractivity contribution in [3.05, 3.63) is 0 Å². The molecule has 122 valence electrons. The van der Waals surface area contributed by atoms with Crippen LogP contribution < -0.4 is 0 Å². The van der Waals surface area contributed by atoms with Crippen LogP contribution in [0.15, 0.2) is 0 Å². The summed E-state index contributed by atoms with van der Waals surface area (Å²) in [6.45, 7) is 0. The number of ether oxygens (including phenoxy) is 2. The first-order valence-corrected chi connectivity index (χ1v) is 6.89. The number of fused-ring (bicyclic) bond motifs is 3. The molecule has 0 spiro atoms. The molecule has 0 aliphatic heterocycles. The summed E-state index contributed by atoms with van der Waals surface area (Å²) in [4.78, 5) is 47.8. The van der Waals surface area contributed by atoms with Gasteiger partial charge >= 0.3 is 23.9 Å². The van der Waals surface area contributed by atoms with E-state index in [-0.39, 0.29) is 25.7 Å². The van der Waals surface area contributed by atoms with E-state index in [9.17, 15) is 29.4 Å². The van der Waals surface area contributed by atoms with Crippen molar-refractivity contribution in [1.82, 2.24) is 0 Å². The first kappa shape index (κ1) is 16.3. The van der Waals surface area contributed by atoms with E-state index in [4.69, 9.17) is 9.47 Å². The lowest BCUT2D eigenvalue weighted by Gasteiger charge is -2.56. The van der Waals surface area contributed by atoms with Crippen LogP contribution in [-0.4, -0.2) is 48.3 Å². The minimum atomic E-state index is -1.51. The van der Waals surface area contributed by atoms with E-state index in [2.05, 4.69) is 0 Å². The molecule has 0 aromatic carbocycles. The maximum absolute atomic E-state index is 12.2. The van der Waals surface area contributed by atoms with Gasteiger partial charge in [-0.2, -0.15) is 0 Å². The van der Waals surface area contributed by atoms with Gasteiger partial charge in [-0.3, -0.25) is 19.2 Å². The van der Waals surface area contributed by atoms with Gasteiger partial charge in [0.05, 0.1) is 36.9 Å². The maximum Gasteiger partial charge on any atom is 0.312 e. The first-order valence-electron chi connectivity index (χ1n) is 6.89. The van der Waals surface area contributed by atoms with Crippen molar-refractivity contribution in [2.45, 2.75) is 25.7 Å². The fourth-order valence-electron chi connectivity index (χ4n) is 4.23. The zero-order chi connectivity index (χ0) is 16.7. The molecule has 3 rings (SSSR count). The van der Waals surface area contributed by atoms with Crippen molar-refractivity contribution in [1.29, 1.82) is 0 Å². The average molecular weight is 314 g/mol. The molecule has 3 aliphatic carbocycles. The van der Waals surface area contributed by atoms with Gasteiger partial charge in [-0.1, -0.05) is 0 Å². The number of aliphatic carboxylic acids is 2. The van der Waals surface area contributed by atoms with Crippen LogP contribution in [0.2, 0.25) is 0 Å². The van der Waals surface area contributed by atoms with Crippen molar-refractivity contribution >= 4 is 23.9 Å². The number of rotatable bonds is 4. The van der Waals surface area contributed by atoms with Crippen LogP contribution in [0.25, 0.3) is 0 Å². The van der Waals surface area contributed by atoms with E-state index in [0.717, 1.165) is 14.2 Å². The van der Waals surface area contributed by atoms with Crippen LogP contribution in [-0.2, 0) is 28.7 Å². The highest BCUT2D eigenvalue weighted by Gasteiger charge is 2.71. The lowest BCUT2D eigenvalue weighted by Crippen LogP contribution is -2.64. The fourth-order valence-corrected chi connectivity index (χ4v) is 4.23. The molecule has 2 atom stereocenters. The highest BCUT2D eigenvalue weighted by atomic mass is 16.5. The number of hydrogen-bond donors (Lipinski definition) is 2.